The van der Waals surface area contributed by atoms with Crippen molar-refractivity contribution < 1.29 is 13.6 Å². The molecule has 1 amide bonds. The van der Waals surface area contributed by atoms with Crippen LogP contribution in [-0.4, -0.2) is 5.91 Å². The second-order valence-corrected chi connectivity index (χ2v) is 3.76. The van der Waals surface area contributed by atoms with E-state index < -0.39 is 11.8 Å². The number of hydrogen-bond donors (Lipinski definition) is 1. The van der Waals surface area contributed by atoms with Crippen LogP contribution in [0.3, 0.4) is 0 Å². The van der Waals surface area contributed by atoms with Gasteiger partial charge in [0.05, 0.1) is 0 Å². The lowest BCUT2D eigenvalue weighted by Gasteiger charge is -2.16. The van der Waals surface area contributed by atoms with E-state index >= 15 is 0 Å². The number of para-hydroxylation sites is 1. The Balaban J connectivity index is 2.18. The van der Waals surface area contributed by atoms with Crippen molar-refractivity contribution in [3.8, 4) is 0 Å². The van der Waals surface area contributed by atoms with Gasteiger partial charge in [0.2, 0.25) is 0 Å². The fourth-order valence-corrected chi connectivity index (χ4v) is 1.51. The smallest absolute Gasteiger partial charge is 0.321 e. The van der Waals surface area contributed by atoms with Crippen molar-refractivity contribution in [3.63, 3.8) is 0 Å². The van der Waals surface area contributed by atoms with E-state index in [1.54, 1.807) is 36.4 Å². The summed E-state index contributed by atoms with van der Waals surface area (Å²) < 4.78 is 27.6. The molecule has 0 aliphatic heterocycles. The molecule has 92 valence electrons. The summed E-state index contributed by atoms with van der Waals surface area (Å²) >= 11 is 0. The number of nitrogens with one attached hydrogen (secondary N) is 1. The number of hydrogen-bond acceptors (Lipinski definition) is 1. The molecule has 2 nitrogen and oxygen atoms in total. The molecular weight excluding hydrogens is 236 g/mol. The molecule has 0 radical (unpaired) electrons. The standard InChI is InChI=1S/C14H11F2NO/c15-14(16,11-7-3-1-4-8-11)13(18)17-12-9-5-2-6-10-12/h1-10H,(H,17,18). The summed E-state index contributed by atoms with van der Waals surface area (Å²) in [5.74, 6) is -4.88. The molecule has 0 heterocycles. The maximum atomic E-state index is 13.8. The monoisotopic (exact) mass is 247 g/mol. The number of carbonyl (C=O) groups is 1. The Hall–Kier alpha value is -2.23. The van der Waals surface area contributed by atoms with Gasteiger partial charge >= 0.3 is 5.92 Å². The van der Waals surface area contributed by atoms with Gasteiger partial charge in [-0.3, -0.25) is 4.79 Å². The van der Waals surface area contributed by atoms with Crippen LogP contribution >= 0.6 is 0 Å². The van der Waals surface area contributed by atoms with Crippen LogP contribution in [-0.2, 0) is 10.7 Å². The highest BCUT2D eigenvalue weighted by Crippen LogP contribution is 2.29. The predicted molar refractivity (Wildman–Crippen MR) is 65.4 cm³/mol. The second-order valence-electron chi connectivity index (χ2n) is 3.76. The van der Waals surface area contributed by atoms with E-state index in [-0.39, 0.29) is 5.56 Å². The van der Waals surface area contributed by atoms with E-state index in [1.165, 1.54) is 24.3 Å². The lowest BCUT2D eigenvalue weighted by molar-refractivity contribution is -0.140. The average molecular weight is 247 g/mol. The van der Waals surface area contributed by atoms with Crippen LogP contribution in [0, 0.1) is 0 Å². The third-order valence-electron chi connectivity index (χ3n) is 2.45. The minimum atomic E-state index is -3.54. The van der Waals surface area contributed by atoms with E-state index in [0.717, 1.165) is 0 Å². The number of benzene rings is 2. The highest BCUT2D eigenvalue weighted by atomic mass is 19.3. The molecule has 0 aliphatic carbocycles. The summed E-state index contributed by atoms with van der Waals surface area (Å²) in [6.07, 6.45) is 0. The van der Waals surface area contributed by atoms with E-state index in [2.05, 4.69) is 5.32 Å². The molecule has 0 spiro atoms. The zero-order valence-electron chi connectivity index (χ0n) is 9.44. The summed E-state index contributed by atoms with van der Waals surface area (Å²) in [5, 5.41) is 2.19. The number of halogens is 2. The van der Waals surface area contributed by atoms with E-state index in [1.807, 2.05) is 0 Å². The van der Waals surface area contributed by atoms with Gasteiger partial charge in [0, 0.05) is 11.3 Å². The van der Waals surface area contributed by atoms with Crippen molar-refractivity contribution >= 4 is 11.6 Å². The molecule has 18 heavy (non-hydrogen) atoms. The van der Waals surface area contributed by atoms with Gasteiger partial charge in [-0.2, -0.15) is 8.78 Å². The molecule has 1 N–H and O–H groups in total. The molecule has 2 aromatic rings. The number of alkyl halides is 2. The van der Waals surface area contributed by atoms with Gasteiger partial charge in [0.15, 0.2) is 0 Å². The van der Waals surface area contributed by atoms with Crippen molar-refractivity contribution in [1.82, 2.24) is 0 Å². The number of carbonyl (C=O) groups excluding carboxylic acids is 1. The average Bonchev–Trinajstić information content (AvgIpc) is 2.41. The molecule has 4 heteroatoms. The first-order valence-corrected chi connectivity index (χ1v) is 5.40. The number of amides is 1. The van der Waals surface area contributed by atoms with Crippen LogP contribution in [0.2, 0.25) is 0 Å². The van der Waals surface area contributed by atoms with Crippen molar-refractivity contribution in [2.24, 2.45) is 0 Å². The normalized spacial score (nSPS) is 11.0. The van der Waals surface area contributed by atoms with Gasteiger partial charge < -0.3 is 5.32 Å². The molecule has 2 rings (SSSR count). The van der Waals surface area contributed by atoms with E-state index in [0.29, 0.717) is 5.69 Å². The van der Waals surface area contributed by atoms with Crippen LogP contribution in [0.1, 0.15) is 5.56 Å². The summed E-state index contributed by atoms with van der Waals surface area (Å²) in [7, 11) is 0. The summed E-state index contributed by atoms with van der Waals surface area (Å²) in [6.45, 7) is 0. The van der Waals surface area contributed by atoms with Gasteiger partial charge in [-0.1, -0.05) is 48.5 Å². The maximum Gasteiger partial charge on any atom is 0.350 e. The Kier molecular flexibility index (Phi) is 3.37. The van der Waals surface area contributed by atoms with E-state index in [9.17, 15) is 13.6 Å². The Bertz CT molecular complexity index is 526. The fourth-order valence-electron chi connectivity index (χ4n) is 1.51. The molecule has 0 atom stereocenters. The predicted octanol–water partition coefficient (Wildman–Crippen LogP) is 3.42. The van der Waals surface area contributed by atoms with Crippen LogP contribution < -0.4 is 5.32 Å². The third-order valence-corrected chi connectivity index (χ3v) is 2.45. The number of anilines is 1. The van der Waals surface area contributed by atoms with Crippen molar-refractivity contribution in [2.45, 2.75) is 5.92 Å². The van der Waals surface area contributed by atoms with Crippen LogP contribution in [0.15, 0.2) is 60.7 Å². The zero-order chi connectivity index (χ0) is 13.0. The Labute approximate surface area is 103 Å². The molecule has 0 aliphatic rings. The minimum Gasteiger partial charge on any atom is -0.321 e. The summed E-state index contributed by atoms with van der Waals surface area (Å²) in [5.41, 5.74) is 0.0246. The largest absolute Gasteiger partial charge is 0.350 e. The lowest BCUT2D eigenvalue weighted by atomic mass is 10.1. The van der Waals surface area contributed by atoms with Gasteiger partial charge in [0.25, 0.3) is 5.91 Å². The molecule has 0 saturated heterocycles. The SMILES string of the molecule is O=C(Nc1ccccc1)C(F)(F)c1ccccc1. The van der Waals surface area contributed by atoms with Crippen LogP contribution in [0.4, 0.5) is 14.5 Å². The molecule has 0 fully saturated rings. The van der Waals surface area contributed by atoms with Crippen molar-refractivity contribution in [2.75, 3.05) is 5.32 Å². The molecular formula is C14H11F2NO. The topological polar surface area (TPSA) is 29.1 Å². The second kappa shape index (κ2) is 4.96. The first-order valence-electron chi connectivity index (χ1n) is 5.40. The fraction of sp³-hybridized carbons (Fsp3) is 0.0714. The first-order chi connectivity index (χ1) is 8.60. The molecule has 0 saturated carbocycles. The maximum absolute atomic E-state index is 13.8. The highest BCUT2D eigenvalue weighted by Gasteiger charge is 2.40. The molecule has 0 aromatic heterocycles. The van der Waals surface area contributed by atoms with Crippen LogP contribution in [0.5, 0.6) is 0 Å². The molecule has 0 bridgehead atoms. The zero-order valence-corrected chi connectivity index (χ0v) is 9.44. The highest BCUT2D eigenvalue weighted by molar-refractivity contribution is 5.96. The summed E-state index contributed by atoms with van der Waals surface area (Å²) in [6, 6.07) is 15.2. The van der Waals surface area contributed by atoms with Crippen molar-refractivity contribution in [3.05, 3.63) is 66.2 Å². The van der Waals surface area contributed by atoms with Crippen LogP contribution in [0.25, 0.3) is 0 Å². The van der Waals surface area contributed by atoms with Gasteiger partial charge in [-0.15, -0.1) is 0 Å². The minimum absolute atomic E-state index is 0.321. The summed E-state index contributed by atoms with van der Waals surface area (Å²) in [4.78, 5) is 11.6. The molecule has 0 unspecified atom stereocenters. The van der Waals surface area contributed by atoms with Crippen molar-refractivity contribution in [1.29, 1.82) is 0 Å². The first kappa shape index (κ1) is 12.2. The Morgan fingerprint density at radius 2 is 1.39 bits per heavy atom. The number of rotatable bonds is 3. The Morgan fingerprint density at radius 1 is 0.889 bits per heavy atom. The van der Waals surface area contributed by atoms with Gasteiger partial charge in [-0.05, 0) is 12.1 Å². The third kappa shape index (κ3) is 2.53. The van der Waals surface area contributed by atoms with E-state index in [4.69, 9.17) is 0 Å². The Morgan fingerprint density at radius 3 is 1.94 bits per heavy atom. The lowest BCUT2D eigenvalue weighted by Crippen LogP contribution is -2.32. The van der Waals surface area contributed by atoms with Gasteiger partial charge in [0.1, 0.15) is 0 Å². The molecule has 2 aromatic carbocycles. The van der Waals surface area contributed by atoms with Gasteiger partial charge in [-0.25, -0.2) is 0 Å². The quantitative estimate of drug-likeness (QED) is 0.884.